The second-order valence-electron chi connectivity index (χ2n) is 6.60. The third kappa shape index (κ3) is 4.67. The molecule has 134 valence electrons. The number of likely N-dealkylation sites (N-methyl/N-ethyl adjacent to an activating group) is 1. The molecule has 0 atom stereocenters. The van der Waals surface area contributed by atoms with Crippen molar-refractivity contribution in [2.24, 2.45) is 0 Å². The van der Waals surface area contributed by atoms with Gasteiger partial charge in [0.25, 0.3) is 5.91 Å². The summed E-state index contributed by atoms with van der Waals surface area (Å²) in [6, 6.07) is 8.70. The van der Waals surface area contributed by atoms with Gasteiger partial charge in [0.15, 0.2) is 0 Å². The highest BCUT2D eigenvalue weighted by Gasteiger charge is 2.22. The Bertz CT molecular complexity index is 795. The highest BCUT2D eigenvalue weighted by Crippen LogP contribution is 2.20. The van der Waals surface area contributed by atoms with E-state index in [1.54, 1.807) is 37.4 Å². The molecule has 0 saturated heterocycles. The Hall–Kier alpha value is -2.67. The highest BCUT2D eigenvalue weighted by atomic mass is 16.5. The van der Waals surface area contributed by atoms with E-state index in [4.69, 9.17) is 4.74 Å². The first kappa shape index (κ1) is 18.7. The van der Waals surface area contributed by atoms with Crippen molar-refractivity contribution in [2.75, 3.05) is 27.7 Å². The van der Waals surface area contributed by atoms with E-state index in [0.29, 0.717) is 18.0 Å². The number of hydrogen-bond acceptors (Lipinski definition) is 5. The fourth-order valence-corrected chi connectivity index (χ4v) is 2.04. The summed E-state index contributed by atoms with van der Waals surface area (Å²) in [6.45, 7) is 4.48. The molecule has 0 spiro atoms. The number of ether oxygens (including phenoxy) is 1. The predicted molar refractivity (Wildman–Crippen MR) is 96.9 cm³/mol. The summed E-state index contributed by atoms with van der Waals surface area (Å²) in [6.07, 6.45) is 0. The van der Waals surface area contributed by atoms with Crippen molar-refractivity contribution in [1.29, 1.82) is 0 Å². The lowest BCUT2D eigenvalue weighted by molar-refractivity contribution is 0.0914. The Kier molecular flexibility index (Phi) is 5.58. The van der Waals surface area contributed by atoms with Crippen LogP contribution in [0.25, 0.3) is 11.3 Å². The molecule has 0 aliphatic heterocycles. The lowest BCUT2D eigenvalue weighted by Crippen LogP contribution is -2.48. The monoisotopic (exact) mass is 344 g/mol. The maximum atomic E-state index is 12.4. The number of amides is 1. The van der Waals surface area contributed by atoms with E-state index in [2.05, 4.69) is 15.3 Å². The summed E-state index contributed by atoms with van der Waals surface area (Å²) in [4.78, 5) is 32.7. The number of rotatable bonds is 6. The van der Waals surface area contributed by atoms with Gasteiger partial charge in [0, 0.05) is 17.6 Å². The fraction of sp³-hybridized carbons (Fsp3) is 0.389. The normalized spacial score (nSPS) is 11.4. The number of nitrogens with zero attached hydrogens (tertiary/aromatic N) is 2. The summed E-state index contributed by atoms with van der Waals surface area (Å²) < 4.78 is 5.12. The van der Waals surface area contributed by atoms with Crippen molar-refractivity contribution in [3.05, 3.63) is 46.5 Å². The van der Waals surface area contributed by atoms with Crippen LogP contribution in [-0.4, -0.2) is 54.1 Å². The van der Waals surface area contributed by atoms with Gasteiger partial charge < -0.3 is 19.9 Å². The van der Waals surface area contributed by atoms with Crippen molar-refractivity contribution < 1.29 is 9.53 Å². The molecular weight excluding hydrogens is 320 g/mol. The second-order valence-corrected chi connectivity index (χ2v) is 6.60. The zero-order valence-electron chi connectivity index (χ0n) is 15.2. The SMILES string of the molecule is COc1ccc(-c2cc(C(=O)NCC(C)(C)N(C)C)[nH]c(=O)n2)cc1. The first-order valence-corrected chi connectivity index (χ1v) is 7.94. The van der Waals surface area contributed by atoms with Gasteiger partial charge in [-0.3, -0.25) is 4.79 Å². The summed E-state index contributed by atoms with van der Waals surface area (Å²) in [5.74, 6) is 0.363. The minimum atomic E-state index is -0.565. The maximum absolute atomic E-state index is 12.4. The molecule has 0 saturated carbocycles. The van der Waals surface area contributed by atoms with Gasteiger partial charge in [-0.15, -0.1) is 0 Å². The van der Waals surface area contributed by atoms with Crippen LogP contribution in [0, 0.1) is 0 Å². The number of carbonyl (C=O) groups is 1. The summed E-state index contributed by atoms with van der Waals surface area (Å²) in [5.41, 5.74) is 0.575. The smallest absolute Gasteiger partial charge is 0.346 e. The van der Waals surface area contributed by atoms with Crippen LogP contribution in [0.3, 0.4) is 0 Å². The van der Waals surface area contributed by atoms with Crippen molar-refractivity contribution in [2.45, 2.75) is 19.4 Å². The van der Waals surface area contributed by atoms with Crippen LogP contribution in [0.1, 0.15) is 24.3 Å². The van der Waals surface area contributed by atoms with Crippen LogP contribution >= 0.6 is 0 Å². The Balaban J connectivity index is 2.23. The number of aromatic nitrogens is 2. The first-order chi connectivity index (χ1) is 11.7. The van der Waals surface area contributed by atoms with E-state index in [0.717, 1.165) is 5.56 Å². The van der Waals surface area contributed by atoms with Crippen molar-refractivity contribution >= 4 is 5.91 Å². The van der Waals surface area contributed by atoms with Crippen LogP contribution in [0.2, 0.25) is 0 Å². The van der Waals surface area contributed by atoms with Crippen molar-refractivity contribution in [3.8, 4) is 17.0 Å². The number of benzene rings is 1. The Morgan fingerprint density at radius 1 is 1.28 bits per heavy atom. The maximum Gasteiger partial charge on any atom is 0.346 e. The lowest BCUT2D eigenvalue weighted by atomic mass is 10.0. The van der Waals surface area contributed by atoms with Crippen molar-refractivity contribution in [1.82, 2.24) is 20.2 Å². The molecule has 0 aliphatic rings. The van der Waals surface area contributed by atoms with Crippen LogP contribution < -0.4 is 15.7 Å². The average Bonchev–Trinajstić information content (AvgIpc) is 2.59. The van der Waals surface area contributed by atoms with Crippen LogP contribution in [-0.2, 0) is 0 Å². The molecule has 1 aromatic heterocycles. The van der Waals surface area contributed by atoms with Gasteiger partial charge in [-0.1, -0.05) is 0 Å². The molecule has 2 N–H and O–H groups in total. The second kappa shape index (κ2) is 7.48. The van der Waals surface area contributed by atoms with Gasteiger partial charge in [0.1, 0.15) is 11.4 Å². The van der Waals surface area contributed by atoms with Crippen LogP contribution in [0.4, 0.5) is 0 Å². The molecule has 25 heavy (non-hydrogen) atoms. The molecule has 0 bridgehead atoms. The largest absolute Gasteiger partial charge is 0.497 e. The van der Waals surface area contributed by atoms with Gasteiger partial charge in [-0.25, -0.2) is 4.79 Å². The third-order valence-electron chi connectivity index (χ3n) is 4.27. The van der Waals surface area contributed by atoms with E-state index in [1.165, 1.54) is 0 Å². The highest BCUT2D eigenvalue weighted by molar-refractivity contribution is 5.93. The van der Waals surface area contributed by atoms with Crippen molar-refractivity contribution in [3.63, 3.8) is 0 Å². The number of methoxy groups -OCH3 is 1. The average molecular weight is 344 g/mol. The molecule has 1 amide bonds. The topological polar surface area (TPSA) is 87.3 Å². The third-order valence-corrected chi connectivity index (χ3v) is 4.27. The number of nitrogens with one attached hydrogen (secondary N) is 2. The zero-order valence-corrected chi connectivity index (χ0v) is 15.2. The first-order valence-electron chi connectivity index (χ1n) is 7.94. The predicted octanol–water partition coefficient (Wildman–Crippen LogP) is 1.52. The van der Waals surface area contributed by atoms with E-state index in [9.17, 15) is 9.59 Å². The van der Waals surface area contributed by atoms with Gasteiger partial charge >= 0.3 is 5.69 Å². The van der Waals surface area contributed by atoms with E-state index in [1.807, 2.05) is 32.8 Å². The Labute approximate surface area is 147 Å². The molecule has 1 heterocycles. The Morgan fingerprint density at radius 2 is 1.92 bits per heavy atom. The molecule has 2 aromatic rings. The molecule has 0 unspecified atom stereocenters. The summed E-state index contributed by atoms with van der Waals surface area (Å²) in [5, 5.41) is 2.85. The standard InChI is InChI=1S/C18H24N4O3/c1-18(2,22(3)4)11-19-16(23)15-10-14(20-17(24)21-15)12-6-8-13(25-5)9-7-12/h6-10H,11H2,1-5H3,(H,19,23)(H,20,21,24). The van der Waals surface area contributed by atoms with Crippen LogP contribution in [0.15, 0.2) is 35.1 Å². The molecule has 0 aliphatic carbocycles. The number of H-pyrrole nitrogens is 1. The lowest BCUT2D eigenvalue weighted by Gasteiger charge is -2.32. The van der Waals surface area contributed by atoms with E-state index in [-0.39, 0.29) is 17.1 Å². The van der Waals surface area contributed by atoms with Gasteiger partial charge in [0.05, 0.1) is 12.8 Å². The zero-order chi connectivity index (χ0) is 18.6. The minimum Gasteiger partial charge on any atom is -0.497 e. The summed E-state index contributed by atoms with van der Waals surface area (Å²) >= 11 is 0. The number of carbonyl (C=O) groups excluding carboxylic acids is 1. The fourth-order valence-electron chi connectivity index (χ4n) is 2.04. The number of aromatic amines is 1. The molecule has 7 nitrogen and oxygen atoms in total. The molecular formula is C18H24N4O3. The van der Waals surface area contributed by atoms with E-state index < -0.39 is 5.69 Å². The molecule has 7 heteroatoms. The molecule has 0 radical (unpaired) electrons. The van der Waals surface area contributed by atoms with Crippen LogP contribution in [0.5, 0.6) is 5.75 Å². The number of hydrogen-bond donors (Lipinski definition) is 2. The Morgan fingerprint density at radius 3 is 2.48 bits per heavy atom. The van der Waals surface area contributed by atoms with Gasteiger partial charge in [-0.05, 0) is 58.3 Å². The minimum absolute atomic E-state index is 0.181. The summed E-state index contributed by atoms with van der Waals surface area (Å²) in [7, 11) is 5.47. The van der Waals surface area contributed by atoms with E-state index >= 15 is 0 Å². The van der Waals surface area contributed by atoms with Gasteiger partial charge in [0.2, 0.25) is 0 Å². The quantitative estimate of drug-likeness (QED) is 0.829. The van der Waals surface area contributed by atoms with Gasteiger partial charge in [-0.2, -0.15) is 4.98 Å². The molecule has 1 aromatic carbocycles. The molecule has 2 rings (SSSR count). The molecule has 0 fully saturated rings.